The quantitative estimate of drug-likeness (QED) is 0.686. The lowest BCUT2D eigenvalue weighted by molar-refractivity contribution is -0.131. The average molecular weight is 298 g/mol. The van der Waals surface area contributed by atoms with Gasteiger partial charge in [0.15, 0.2) is 0 Å². The topological polar surface area (TPSA) is 59.1 Å². The number of hydrogen-bond donors (Lipinski definition) is 1. The van der Waals surface area contributed by atoms with Crippen molar-refractivity contribution in [1.82, 2.24) is 10.3 Å². The first-order valence-corrected chi connectivity index (χ1v) is 7.92. The van der Waals surface area contributed by atoms with Gasteiger partial charge >= 0.3 is 0 Å². The van der Waals surface area contributed by atoms with Crippen molar-refractivity contribution in [2.24, 2.45) is 23.7 Å². The predicted octanol–water partition coefficient (Wildman–Crippen LogP) is 2.51. The van der Waals surface area contributed by atoms with Gasteiger partial charge in [-0.1, -0.05) is 17.2 Å². The van der Waals surface area contributed by atoms with E-state index in [2.05, 4.69) is 24.1 Å². The Hall–Kier alpha value is -1.97. The van der Waals surface area contributed by atoms with Crippen LogP contribution in [0.4, 0.5) is 0 Å². The molecule has 3 rings (SSSR count). The number of rotatable bonds is 4. The molecule has 4 heteroatoms. The summed E-state index contributed by atoms with van der Waals surface area (Å²) in [4.78, 5) is 28.2. The monoisotopic (exact) mass is 298 g/mol. The minimum absolute atomic E-state index is 0.00639. The van der Waals surface area contributed by atoms with Crippen LogP contribution in [0.25, 0.3) is 0 Å². The Balaban J connectivity index is 1.75. The van der Waals surface area contributed by atoms with E-state index in [4.69, 9.17) is 0 Å². The Morgan fingerprint density at radius 2 is 2.14 bits per heavy atom. The van der Waals surface area contributed by atoms with E-state index in [-0.39, 0.29) is 29.6 Å². The zero-order valence-corrected chi connectivity index (χ0v) is 13.1. The van der Waals surface area contributed by atoms with Crippen molar-refractivity contribution in [2.45, 2.75) is 33.2 Å². The normalized spacial score (nSPS) is 29.5. The number of aldehydes is 1. The molecule has 0 unspecified atom stereocenters. The van der Waals surface area contributed by atoms with Crippen LogP contribution in [-0.4, -0.2) is 17.2 Å². The second-order valence-corrected chi connectivity index (χ2v) is 6.56. The van der Waals surface area contributed by atoms with Crippen LogP contribution in [0, 0.1) is 23.7 Å². The van der Waals surface area contributed by atoms with E-state index in [0.717, 1.165) is 24.7 Å². The number of hydrogen-bond acceptors (Lipinski definition) is 3. The molecule has 2 bridgehead atoms. The predicted molar refractivity (Wildman–Crippen MR) is 83.7 cm³/mol. The van der Waals surface area contributed by atoms with Crippen molar-refractivity contribution in [3.05, 3.63) is 41.2 Å². The number of amides is 1. The van der Waals surface area contributed by atoms with Crippen LogP contribution in [0.1, 0.15) is 32.3 Å². The highest BCUT2D eigenvalue weighted by atomic mass is 16.2. The highest BCUT2D eigenvalue weighted by Crippen LogP contribution is 2.56. The molecule has 0 radical (unpaired) electrons. The fourth-order valence-corrected chi connectivity index (χ4v) is 4.32. The van der Waals surface area contributed by atoms with E-state index in [1.54, 1.807) is 12.4 Å². The van der Waals surface area contributed by atoms with Gasteiger partial charge in [-0.25, -0.2) is 0 Å². The zero-order chi connectivity index (χ0) is 15.7. The largest absolute Gasteiger partial charge is 0.352 e. The maximum atomic E-state index is 12.6. The molecule has 0 saturated heterocycles. The van der Waals surface area contributed by atoms with Crippen LogP contribution in [0.5, 0.6) is 0 Å². The first-order valence-electron chi connectivity index (χ1n) is 7.92. The molecule has 1 heterocycles. The van der Waals surface area contributed by atoms with Gasteiger partial charge in [0, 0.05) is 24.9 Å². The molecule has 2 aliphatic carbocycles. The molecule has 0 spiro atoms. The highest BCUT2D eigenvalue weighted by molar-refractivity contribution is 5.84. The molecule has 4 nitrogen and oxygen atoms in total. The maximum Gasteiger partial charge on any atom is 0.224 e. The van der Waals surface area contributed by atoms with Gasteiger partial charge in [-0.05, 0) is 50.2 Å². The highest BCUT2D eigenvalue weighted by Gasteiger charge is 2.54. The Morgan fingerprint density at radius 3 is 2.77 bits per heavy atom. The van der Waals surface area contributed by atoms with E-state index in [1.165, 1.54) is 11.1 Å². The smallest absolute Gasteiger partial charge is 0.224 e. The second-order valence-electron chi connectivity index (χ2n) is 6.56. The number of aromatic nitrogens is 1. The Kier molecular flexibility index (Phi) is 4.10. The van der Waals surface area contributed by atoms with Crippen LogP contribution in [-0.2, 0) is 16.1 Å². The number of fused-ring (bicyclic) bond motifs is 2. The molecule has 0 aromatic carbocycles. The first-order chi connectivity index (χ1) is 10.6. The van der Waals surface area contributed by atoms with E-state index < -0.39 is 0 Å². The van der Waals surface area contributed by atoms with Crippen molar-refractivity contribution < 1.29 is 9.59 Å². The van der Waals surface area contributed by atoms with Crippen molar-refractivity contribution >= 4 is 12.2 Å². The number of pyridine rings is 1. The first kappa shape index (κ1) is 14.9. The van der Waals surface area contributed by atoms with Crippen molar-refractivity contribution in [1.29, 1.82) is 0 Å². The molecular formula is C18H22N2O2. The summed E-state index contributed by atoms with van der Waals surface area (Å²) in [5, 5.41) is 2.99. The fourth-order valence-electron chi connectivity index (χ4n) is 4.32. The van der Waals surface area contributed by atoms with Crippen molar-refractivity contribution in [3.8, 4) is 0 Å². The van der Waals surface area contributed by atoms with Crippen LogP contribution in [0.3, 0.4) is 0 Å². The number of carbonyl (C=O) groups excluding carboxylic acids is 2. The lowest BCUT2D eigenvalue weighted by Crippen LogP contribution is -2.38. The molecule has 1 aromatic rings. The summed E-state index contributed by atoms with van der Waals surface area (Å²) < 4.78 is 0. The SMILES string of the molecule is CC(C)=C1[C@H]2CC[C@@H]1[C@H](C=O)[C@@H]2C(=O)NCc1cccnc1. The second kappa shape index (κ2) is 6.03. The van der Waals surface area contributed by atoms with Crippen LogP contribution in [0.2, 0.25) is 0 Å². The lowest BCUT2D eigenvalue weighted by atomic mass is 9.79. The molecule has 1 N–H and O–H groups in total. The van der Waals surface area contributed by atoms with Crippen LogP contribution in [0.15, 0.2) is 35.7 Å². The third-order valence-electron chi connectivity index (χ3n) is 5.13. The molecule has 116 valence electrons. The number of nitrogens with zero attached hydrogens (tertiary/aromatic N) is 1. The molecule has 1 aromatic heterocycles. The number of nitrogens with one attached hydrogen (secondary N) is 1. The minimum atomic E-state index is -0.196. The third-order valence-corrected chi connectivity index (χ3v) is 5.13. The Labute approximate surface area is 131 Å². The molecular weight excluding hydrogens is 276 g/mol. The van der Waals surface area contributed by atoms with Gasteiger partial charge in [-0.15, -0.1) is 0 Å². The molecule has 4 atom stereocenters. The summed E-state index contributed by atoms with van der Waals surface area (Å²) in [5.41, 5.74) is 3.62. The van der Waals surface area contributed by atoms with Crippen LogP contribution >= 0.6 is 0 Å². The van der Waals surface area contributed by atoms with E-state index in [1.807, 2.05) is 12.1 Å². The lowest BCUT2D eigenvalue weighted by Gasteiger charge is -2.25. The van der Waals surface area contributed by atoms with Crippen LogP contribution < -0.4 is 5.32 Å². The van der Waals surface area contributed by atoms with E-state index in [9.17, 15) is 9.59 Å². The number of carbonyl (C=O) groups is 2. The maximum absolute atomic E-state index is 12.6. The molecule has 2 saturated carbocycles. The summed E-state index contributed by atoms with van der Waals surface area (Å²) in [6, 6.07) is 3.79. The number of allylic oxidation sites excluding steroid dienone is 2. The summed E-state index contributed by atoms with van der Waals surface area (Å²) in [5.74, 6) is 0.183. The summed E-state index contributed by atoms with van der Waals surface area (Å²) >= 11 is 0. The van der Waals surface area contributed by atoms with Gasteiger partial charge in [-0.2, -0.15) is 0 Å². The minimum Gasteiger partial charge on any atom is -0.352 e. The molecule has 22 heavy (non-hydrogen) atoms. The Bertz CT molecular complexity index is 605. The molecule has 1 amide bonds. The molecule has 0 aliphatic heterocycles. The van der Waals surface area contributed by atoms with Gasteiger partial charge in [0.25, 0.3) is 0 Å². The van der Waals surface area contributed by atoms with Gasteiger partial charge in [-0.3, -0.25) is 9.78 Å². The van der Waals surface area contributed by atoms with Gasteiger partial charge in [0.05, 0.1) is 5.92 Å². The van der Waals surface area contributed by atoms with Crippen molar-refractivity contribution in [2.75, 3.05) is 0 Å². The zero-order valence-electron chi connectivity index (χ0n) is 13.1. The van der Waals surface area contributed by atoms with Gasteiger partial charge in [0.1, 0.15) is 6.29 Å². The summed E-state index contributed by atoms with van der Waals surface area (Å²) in [7, 11) is 0. The molecule has 2 fully saturated rings. The summed E-state index contributed by atoms with van der Waals surface area (Å²) in [6.07, 6.45) is 6.53. The van der Waals surface area contributed by atoms with Gasteiger partial charge in [0.2, 0.25) is 5.91 Å². The third kappa shape index (κ3) is 2.47. The van der Waals surface area contributed by atoms with E-state index in [0.29, 0.717) is 6.54 Å². The van der Waals surface area contributed by atoms with Gasteiger partial charge < -0.3 is 10.1 Å². The summed E-state index contributed by atoms with van der Waals surface area (Å²) in [6.45, 7) is 4.66. The average Bonchev–Trinajstić information content (AvgIpc) is 3.09. The fraction of sp³-hybridized carbons (Fsp3) is 0.500. The molecule has 2 aliphatic rings. The Morgan fingerprint density at radius 1 is 1.36 bits per heavy atom. The standard InChI is InChI=1S/C18H22N2O2/c1-11(2)16-13-5-6-14(16)17(15(13)10-21)18(22)20-9-12-4-3-7-19-8-12/h3-4,7-8,10,13-15,17H,5-6,9H2,1-2H3,(H,20,22)/t13-,14-,15+,17-/m1/s1. The van der Waals surface area contributed by atoms with E-state index >= 15 is 0 Å². The van der Waals surface area contributed by atoms with Crippen molar-refractivity contribution in [3.63, 3.8) is 0 Å².